The molecule has 2 heterocycles. The van der Waals surface area contributed by atoms with Crippen LogP contribution in [0.5, 0.6) is 0 Å². The Kier molecular flexibility index (Phi) is 4.79. The highest BCUT2D eigenvalue weighted by Crippen LogP contribution is 2.28. The van der Waals surface area contributed by atoms with E-state index in [2.05, 4.69) is 9.97 Å². The molecule has 0 unspecified atom stereocenters. The van der Waals surface area contributed by atoms with Gasteiger partial charge in [0.15, 0.2) is 5.69 Å². The number of imidazole rings is 1. The molecule has 7 heteroatoms. The van der Waals surface area contributed by atoms with Gasteiger partial charge in [-0.25, -0.2) is 9.78 Å². The molecule has 2 aromatic heterocycles. The lowest BCUT2D eigenvalue weighted by molar-refractivity contribution is 0.0685. The number of hydrogen-bond acceptors (Lipinski definition) is 3. The van der Waals surface area contributed by atoms with Gasteiger partial charge in [0.25, 0.3) is 0 Å². The number of aromatic nitrogens is 3. The highest BCUT2D eigenvalue weighted by Gasteiger charge is 2.22. The normalized spacial score (nSPS) is 11.1. The Morgan fingerprint density at radius 3 is 2.71 bits per heavy atom. The van der Waals surface area contributed by atoms with Crippen LogP contribution in [0.1, 0.15) is 21.7 Å². The molecule has 0 bridgehead atoms. The number of para-hydroxylation sites is 1. The van der Waals surface area contributed by atoms with E-state index in [4.69, 9.17) is 23.2 Å². The van der Waals surface area contributed by atoms with E-state index >= 15 is 0 Å². The summed E-state index contributed by atoms with van der Waals surface area (Å²) in [6, 6.07) is 14.8. The first-order valence-corrected chi connectivity index (χ1v) is 9.29. The van der Waals surface area contributed by atoms with Gasteiger partial charge in [-0.3, -0.25) is 4.98 Å². The lowest BCUT2D eigenvalue weighted by Crippen LogP contribution is -2.12. The van der Waals surface area contributed by atoms with Crippen molar-refractivity contribution in [3.8, 4) is 11.4 Å². The molecule has 0 amide bonds. The van der Waals surface area contributed by atoms with E-state index in [1.165, 1.54) is 0 Å². The first-order chi connectivity index (χ1) is 13.4. The molecule has 140 valence electrons. The van der Waals surface area contributed by atoms with Crippen LogP contribution in [-0.4, -0.2) is 25.6 Å². The molecule has 0 saturated heterocycles. The van der Waals surface area contributed by atoms with Crippen molar-refractivity contribution in [2.24, 2.45) is 0 Å². The highest BCUT2D eigenvalue weighted by molar-refractivity contribution is 6.33. The lowest BCUT2D eigenvalue weighted by atomic mass is 10.1. The van der Waals surface area contributed by atoms with Gasteiger partial charge >= 0.3 is 5.97 Å². The first kappa shape index (κ1) is 18.5. The van der Waals surface area contributed by atoms with E-state index in [0.29, 0.717) is 27.1 Å². The molecule has 0 aliphatic heterocycles. The van der Waals surface area contributed by atoms with Crippen molar-refractivity contribution < 1.29 is 9.90 Å². The summed E-state index contributed by atoms with van der Waals surface area (Å²) in [6.45, 7) is 1.90. The fraction of sp³-hybridized carbons (Fsp3) is 0.0952. The maximum Gasteiger partial charge on any atom is 0.354 e. The van der Waals surface area contributed by atoms with Crippen LogP contribution >= 0.6 is 23.2 Å². The van der Waals surface area contributed by atoms with E-state index in [1.807, 2.05) is 30.3 Å². The molecule has 28 heavy (non-hydrogen) atoms. The number of fused-ring (bicyclic) bond motifs is 1. The Labute approximate surface area is 171 Å². The number of aryl methyl sites for hydroxylation is 1. The van der Waals surface area contributed by atoms with Crippen molar-refractivity contribution in [2.75, 3.05) is 0 Å². The fourth-order valence-corrected chi connectivity index (χ4v) is 3.62. The molecule has 0 radical (unpaired) electrons. The summed E-state index contributed by atoms with van der Waals surface area (Å²) >= 11 is 12.4. The third kappa shape index (κ3) is 3.35. The summed E-state index contributed by atoms with van der Waals surface area (Å²) in [7, 11) is 0. The number of carboxylic acid groups (broad SMARTS) is 1. The monoisotopic (exact) mass is 411 g/mol. The van der Waals surface area contributed by atoms with Crippen molar-refractivity contribution in [3.63, 3.8) is 0 Å². The van der Waals surface area contributed by atoms with E-state index in [0.717, 1.165) is 16.5 Å². The second kappa shape index (κ2) is 7.26. The number of rotatable bonds is 4. The number of halogens is 2. The minimum Gasteiger partial charge on any atom is -0.477 e. The quantitative estimate of drug-likeness (QED) is 0.483. The van der Waals surface area contributed by atoms with E-state index < -0.39 is 5.97 Å². The van der Waals surface area contributed by atoms with Crippen molar-refractivity contribution in [1.82, 2.24) is 14.5 Å². The van der Waals surface area contributed by atoms with Gasteiger partial charge in [-0.2, -0.15) is 0 Å². The number of hydrogen-bond donors (Lipinski definition) is 1. The molecule has 0 aliphatic rings. The SMILES string of the molecule is Cc1nc(-c2cnc3ccccc3c2)n(Cc2cc(Cl)ccc2Cl)c1C(=O)O. The van der Waals surface area contributed by atoms with Gasteiger partial charge in [0.1, 0.15) is 5.82 Å². The lowest BCUT2D eigenvalue weighted by Gasteiger charge is -2.12. The standard InChI is InChI=1S/C21H15Cl2N3O2/c1-12-19(21(27)28)26(11-15-9-16(22)6-7-17(15)23)20(25-12)14-8-13-4-2-3-5-18(13)24-10-14/h2-10H,11H2,1H3,(H,27,28). The average molecular weight is 412 g/mol. The molecule has 2 aromatic carbocycles. The fourth-order valence-electron chi connectivity index (χ4n) is 3.25. The molecular weight excluding hydrogens is 397 g/mol. The van der Waals surface area contributed by atoms with Crippen molar-refractivity contribution >= 4 is 40.1 Å². The van der Waals surface area contributed by atoms with Crippen LogP contribution in [0.2, 0.25) is 10.0 Å². The second-order valence-corrected chi connectivity index (χ2v) is 7.26. The number of benzene rings is 2. The van der Waals surface area contributed by atoms with Crippen LogP contribution in [0, 0.1) is 6.92 Å². The predicted octanol–water partition coefficient (Wildman–Crippen LogP) is 5.46. The minimum absolute atomic E-state index is 0.110. The number of nitrogens with zero attached hydrogens (tertiary/aromatic N) is 3. The van der Waals surface area contributed by atoms with Crippen molar-refractivity contribution in [2.45, 2.75) is 13.5 Å². The van der Waals surface area contributed by atoms with Crippen LogP contribution in [0.3, 0.4) is 0 Å². The Morgan fingerprint density at radius 2 is 1.93 bits per heavy atom. The number of carbonyl (C=O) groups is 1. The summed E-state index contributed by atoms with van der Waals surface area (Å²) in [5, 5.41) is 11.7. The van der Waals surface area contributed by atoms with Crippen LogP contribution in [0.15, 0.2) is 54.7 Å². The smallest absolute Gasteiger partial charge is 0.354 e. The molecule has 4 rings (SSSR count). The zero-order valence-corrected chi connectivity index (χ0v) is 16.4. The summed E-state index contributed by atoms with van der Waals surface area (Å²) in [6.07, 6.45) is 1.70. The molecule has 0 saturated carbocycles. The van der Waals surface area contributed by atoms with Crippen LogP contribution in [-0.2, 0) is 6.54 Å². The number of carboxylic acids is 1. The largest absolute Gasteiger partial charge is 0.477 e. The molecule has 4 aromatic rings. The average Bonchev–Trinajstić information content (AvgIpc) is 3.00. The third-order valence-electron chi connectivity index (χ3n) is 4.53. The van der Waals surface area contributed by atoms with Gasteiger partial charge in [-0.1, -0.05) is 41.4 Å². The molecule has 0 aliphatic carbocycles. The van der Waals surface area contributed by atoms with E-state index in [1.54, 1.807) is 35.9 Å². The van der Waals surface area contributed by atoms with Gasteiger partial charge in [0.2, 0.25) is 0 Å². The van der Waals surface area contributed by atoms with Gasteiger partial charge in [-0.15, -0.1) is 0 Å². The molecule has 5 nitrogen and oxygen atoms in total. The van der Waals surface area contributed by atoms with Crippen molar-refractivity contribution in [3.05, 3.63) is 81.7 Å². The van der Waals surface area contributed by atoms with Crippen molar-refractivity contribution in [1.29, 1.82) is 0 Å². The Morgan fingerprint density at radius 1 is 1.14 bits per heavy atom. The van der Waals surface area contributed by atoms with Crippen LogP contribution in [0.4, 0.5) is 0 Å². The maximum atomic E-state index is 11.9. The van der Waals surface area contributed by atoms with Gasteiger partial charge in [0, 0.05) is 27.2 Å². The number of pyridine rings is 1. The predicted molar refractivity (Wildman–Crippen MR) is 110 cm³/mol. The summed E-state index contributed by atoms with van der Waals surface area (Å²) in [5.74, 6) is -0.535. The van der Waals surface area contributed by atoms with Gasteiger partial charge < -0.3 is 9.67 Å². The van der Waals surface area contributed by atoms with Crippen LogP contribution < -0.4 is 0 Å². The summed E-state index contributed by atoms with van der Waals surface area (Å²) in [4.78, 5) is 20.9. The van der Waals surface area contributed by atoms with Gasteiger partial charge in [0.05, 0.1) is 17.8 Å². The Balaban J connectivity index is 1.90. The number of aromatic carboxylic acids is 1. The highest BCUT2D eigenvalue weighted by atomic mass is 35.5. The topological polar surface area (TPSA) is 68.0 Å². The summed E-state index contributed by atoms with van der Waals surface area (Å²) < 4.78 is 1.64. The molecule has 0 fully saturated rings. The molecule has 0 atom stereocenters. The molecular formula is C21H15Cl2N3O2. The van der Waals surface area contributed by atoms with E-state index in [9.17, 15) is 9.90 Å². The van der Waals surface area contributed by atoms with Gasteiger partial charge in [-0.05, 0) is 42.8 Å². The Bertz CT molecular complexity index is 1220. The molecule has 1 N–H and O–H groups in total. The molecule has 0 spiro atoms. The zero-order valence-electron chi connectivity index (χ0n) is 14.9. The zero-order chi connectivity index (χ0) is 19.8. The second-order valence-electron chi connectivity index (χ2n) is 6.41. The maximum absolute atomic E-state index is 11.9. The first-order valence-electron chi connectivity index (χ1n) is 8.53. The minimum atomic E-state index is -1.05. The third-order valence-corrected chi connectivity index (χ3v) is 5.13. The van der Waals surface area contributed by atoms with Crippen LogP contribution in [0.25, 0.3) is 22.3 Å². The van der Waals surface area contributed by atoms with E-state index in [-0.39, 0.29) is 12.2 Å². The Hall–Kier alpha value is -2.89. The summed E-state index contributed by atoms with van der Waals surface area (Å²) in [5.41, 5.74) is 2.84.